The zero-order chi connectivity index (χ0) is 21.0. The fourth-order valence-corrected chi connectivity index (χ4v) is 3.09. The zero-order valence-electron chi connectivity index (χ0n) is 17.0. The lowest BCUT2D eigenvalue weighted by Gasteiger charge is -2.08. The SMILES string of the molecule is CCc1ccc(OCC(=O)OCC(=O)c2cc(C)n(-c3cc(C)on3)c2C)cc1. The second-order valence-corrected chi connectivity index (χ2v) is 6.79. The molecule has 0 amide bonds. The van der Waals surface area contributed by atoms with Gasteiger partial charge in [0, 0.05) is 23.0 Å². The quantitative estimate of drug-likeness (QED) is 0.426. The van der Waals surface area contributed by atoms with Gasteiger partial charge in [0.2, 0.25) is 5.78 Å². The van der Waals surface area contributed by atoms with Gasteiger partial charge in [-0.15, -0.1) is 0 Å². The maximum absolute atomic E-state index is 12.5. The van der Waals surface area contributed by atoms with Gasteiger partial charge in [-0.2, -0.15) is 0 Å². The number of rotatable bonds is 8. The molecule has 3 rings (SSSR count). The predicted octanol–water partition coefficient (Wildman–Crippen LogP) is 3.76. The number of hydrogen-bond acceptors (Lipinski definition) is 6. The summed E-state index contributed by atoms with van der Waals surface area (Å²) in [7, 11) is 0. The van der Waals surface area contributed by atoms with Crippen LogP contribution in [0.4, 0.5) is 0 Å². The van der Waals surface area contributed by atoms with Crippen molar-refractivity contribution in [1.82, 2.24) is 9.72 Å². The standard InChI is InChI=1S/C22H24N2O5/c1-5-17-6-8-18(9-7-17)27-13-22(26)28-12-20(25)19-10-14(2)24(16(19)4)21-11-15(3)29-23-21/h6-11H,5,12-13H2,1-4H3. The van der Waals surface area contributed by atoms with Gasteiger partial charge in [0.1, 0.15) is 11.5 Å². The summed E-state index contributed by atoms with van der Waals surface area (Å²) in [6.07, 6.45) is 0.932. The number of benzene rings is 1. The van der Waals surface area contributed by atoms with Gasteiger partial charge in [0.15, 0.2) is 19.0 Å². The first kappa shape index (κ1) is 20.4. The highest BCUT2D eigenvalue weighted by Crippen LogP contribution is 2.21. The molecule has 3 aromatic rings. The van der Waals surface area contributed by atoms with E-state index in [2.05, 4.69) is 12.1 Å². The van der Waals surface area contributed by atoms with Gasteiger partial charge >= 0.3 is 5.97 Å². The van der Waals surface area contributed by atoms with Crippen molar-refractivity contribution < 1.29 is 23.6 Å². The summed E-state index contributed by atoms with van der Waals surface area (Å²) in [5, 5.41) is 3.99. The second-order valence-electron chi connectivity index (χ2n) is 6.79. The molecule has 0 bridgehead atoms. The van der Waals surface area contributed by atoms with Crippen LogP contribution in [0.2, 0.25) is 0 Å². The molecule has 0 aliphatic rings. The number of aryl methyl sites for hydroxylation is 3. The van der Waals surface area contributed by atoms with Gasteiger partial charge in [-0.05, 0) is 51.0 Å². The lowest BCUT2D eigenvalue weighted by Crippen LogP contribution is -2.19. The molecule has 0 saturated heterocycles. The first-order valence-electron chi connectivity index (χ1n) is 9.42. The van der Waals surface area contributed by atoms with Crippen LogP contribution in [0.1, 0.15) is 40.0 Å². The molecule has 0 unspecified atom stereocenters. The van der Waals surface area contributed by atoms with Crippen molar-refractivity contribution in [2.45, 2.75) is 34.1 Å². The topological polar surface area (TPSA) is 83.6 Å². The minimum Gasteiger partial charge on any atom is -0.482 e. The number of ether oxygens (including phenoxy) is 2. The Bertz CT molecular complexity index is 1010. The smallest absolute Gasteiger partial charge is 0.344 e. The van der Waals surface area contributed by atoms with Crippen molar-refractivity contribution in [2.75, 3.05) is 13.2 Å². The number of Topliss-reactive ketones (excluding diaryl/α,β-unsaturated/α-hetero) is 1. The molecule has 7 nitrogen and oxygen atoms in total. The molecule has 0 saturated carbocycles. The summed E-state index contributed by atoms with van der Waals surface area (Å²) >= 11 is 0. The minimum atomic E-state index is -0.598. The minimum absolute atomic E-state index is 0.254. The molecular weight excluding hydrogens is 372 g/mol. The van der Waals surface area contributed by atoms with Gasteiger partial charge < -0.3 is 14.0 Å². The molecule has 0 radical (unpaired) electrons. The van der Waals surface area contributed by atoms with Gasteiger partial charge in [-0.1, -0.05) is 24.2 Å². The molecule has 0 spiro atoms. The van der Waals surface area contributed by atoms with E-state index < -0.39 is 5.97 Å². The fraction of sp³-hybridized carbons (Fsp3) is 0.318. The van der Waals surface area contributed by atoms with Crippen LogP contribution < -0.4 is 4.74 Å². The van der Waals surface area contributed by atoms with Crippen LogP contribution in [0.3, 0.4) is 0 Å². The van der Waals surface area contributed by atoms with Crippen molar-refractivity contribution in [3.8, 4) is 11.6 Å². The molecule has 0 aliphatic heterocycles. The van der Waals surface area contributed by atoms with Crippen molar-refractivity contribution in [2.24, 2.45) is 0 Å². The van der Waals surface area contributed by atoms with Crippen molar-refractivity contribution in [1.29, 1.82) is 0 Å². The first-order chi connectivity index (χ1) is 13.9. The van der Waals surface area contributed by atoms with E-state index in [1.165, 1.54) is 5.56 Å². The van der Waals surface area contributed by atoms with Crippen molar-refractivity contribution in [3.05, 3.63) is 64.7 Å². The summed E-state index contributed by atoms with van der Waals surface area (Å²) in [5.41, 5.74) is 3.21. The molecule has 2 heterocycles. The van der Waals surface area contributed by atoms with E-state index >= 15 is 0 Å². The highest BCUT2D eigenvalue weighted by molar-refractivity contribution is 5.99. The molecule has 0 atom stereocenters. The summed E-state index contributed by atoms with van der Waals surface area (Å²) in [4.78, 5) is 24.5. The number of carbonyl (C=O) groups excluding carboxylic acids is 2. The Hall–Kier alpha value is -3.35. The first-order valence-corrected chi connectivity index (χ1v) is 9.42. The average Bonchev–Trinajstić information content (AvgIpc) is 3.26. The van der Waals surface area contributed by atoms with Crippen LogP contribution in [-0.2, 0) is 16.0 Å². The van der Waals surface area contributed by atoms with Crippen LogP contribution in [0.15, 0.2) is 40.9 Å². The zero-order valence-corrected chi connectivity index (χ0v) is 17.0. The third-order valence-corrected chi connectivity index (χ3v) is 4.63. The molecular formula is C22H24N2O5. The third kappa shape index (κ3) is 4.74. The number of esters is 1. The Labute approximate surface area is 169 Å². The molecule has 0 aliphatic carbocycles. The van der Waals surface area contributed by atoms with Crippen LogP contribution >= 0.6 is 0 Å². The number of nitrogens with zero attached hydrogens (tertiary/aromatic N) is 2. The van der Waals surface area contributed by atoms with Crippen molar-refractivity contribution in [3.63, 3.8) is 0 Å². The number of carbonyl (C=O) groups is 2. The number of hydrogen-bond donors (Lipinski definition) is 0. The molecule has 0 N–H and O–H groups in total. The lowest BCUT2D eigenvalue weighted by molar-refractivity contribution is -0.144. The Kier molecular flexibility index (Phi) is 6.16. The molecule has 7 heteroatoms. The van der Waals surface area contributed by atoms with Crippen LogP contribution in [0, 0.1) is 20.8 Å². The Morgan fingerprint density at radius 2 is 1.79 bits per heavy atom. The van der Waals surface area contributed by atoms with Crippen LogP contribution in [0.5, 0.6) is 5.75 Å². The largest absolute Gasteiger partial charge is 0.482 e. The van der Waals surface area contributed by atoms with Crippen LogP contribution in [0.25, 0.3) is 5.82 Å². The van der Waals surface area contributed by atoms with E-state index in [4.69, 9.17) is 14.0 Å². The predicted molar refractivity (Wildman–Crippen MR) is 107 cm³/mol. The van der Waals surface area contributed by atoms with E-state index in [9.17, 15) is 9.59 Å². The Balaban J connectivity index is 1.57. The van der Waals surface area contributed by atoms with Gasteiger partial charge in [0.05, 0.1) is 0 Å². The third-order valence-electron chi connectivity index (χ3n) is 4.63. The van der Waals surface area contributed by atoms with E-state index in [0.29, 0.717) is 28.6 Å². The van der Waals surface area contributed by atoms with Gasteiger partial charge in [0.25, 0.3) is 0 Å². The van der Waals surface area contributed by atoms with E-state index in [1.54, 1.807) is 31.2 Å². The maximum Gasteiger partial charge on any atom is 0.344 e. The van der Waals surface area contributed by atoms with Gasteiger partial charge in [-0.25, -0.2) is 4.79 Å². The summed E-state index contributed by atoms with van der Waals surface area (Å²) < 4.78 is 17.4. The molecule has 1 aromatic carbocycles. The van der Waals surface area contributed by atoms with Crippen molar-refractivity contribution >= 4 is 11.8 Å². The lowest BCUT2D eigenvalue weighted by atomic mass is 10.1. The summed E-state index contributed by atoms with van der Waals surface area (Å²) in [6.45, 7) is 6.95. The Morgan fingerprint density at radius 3 is 2.41 bits per heavy atom. The maximum atomic E-state index is 12.5. The second kappa shape index (κ2) is 8.77. The number of aromatic nitrogens is 2. The molecule has 152 valence electrons. The monoisotopic (exact) mass is 396 g/mol. The highest BCUT2D eigenvalue weighted by atomic mass is 16.6. The summed E-state index contributed by atoms with van der Waals surface area (Å²) in [6, 6.07) is 11.0. The highest BCUT2D eigenvalue weighted by Gasteiger charge is 2.19. The molecule has 2 aromatic heterocycles. The van der Waals surface area contributed by atoms with Crippen LogP contribution in [-0.4, -0.2) is 34.7 Å². The van der Waals surface area contributed by atoms with E-state index in [0.717, 1.165) is 12.1 Å². The van der Waals surface area contributed by atoms with E-state index in [1.807, 2.05) is 30.5 Å². The molecule has 0 fully saturated rings. The fourth-order valence-electron chi connectivity index (χ4n) is 3.09. The normalized spacial score (nSPS) is 10.8. The average molecular weight is 396 g/mol. The number of ketones is 1. The Morgan fingerprint density at radius 1 is 1.07 bits per heavy atom. The molecule has 29 heavy (non-hydrogen) atoms. The summed E-state index contributed by atoms with van der Waals surface area (Å²) in [5.74, 6) is 0.982. The van der Waals surface area contributed by atoms with E-state index in [-0.39, 0.29) is 19.0 Å². The van der Waals surface area contributed by atoms with Gasteiger partial charge in [-0.3, -0.25) is 9.36 Å².